The first-order valence-electron chi connectivity index (χ1n) is 11.3. The van der Waals surface area contributed by atoms with Gasteiger partial charge in [0.05, 0.1) is 33.8 Å². The third-order valence-corrected chi connectivity index (χ3v) is 7.07. The molecule has 2 N–H and O–H groups in total. The van der Waals surface area contributed by atoms with E-state index in [9.17, 15) is 9.90 Å². The van der Waals surface area contributed by atoms with E-state index in [1.807, 2.05) is 57.7 Å². The molecular formula is C25H17N3O3. The van der Waals surface area contributed by atoms with Crippen molar-refractivity contribution in [3.63, 3.8) is 0 Å². The summed E-state index contributed by atoms with van der Waals surface area (Å²) in [5, 5.41) is 15.9. The second kappa shape index (κ2) is 4.76. The second-order valence-electron chi connectivity index (χ2n) is 8.54. The van der Waals surface area contributed by atoms with E-state index in [4.69, 9.17) is 7.48 Å². The number of aromatic hydroxyl groups is 1. The van der Waals surface area contributed by atoms with E-state index in [1.54, 1.807) is 13.1 Å². The van der Waals surface area contributed by atoms with E-state index in [2.05, 4.69) is 4.98 Å². The normalized spacial score (nSPS) is 25.3. The van der Waals surface area contributed by atoms with Gasteiger partial charge in [-0.15, -0.1) is 0 Å². The lowest BCUT2D eigenvalue weighted by Crippen LogP contribution is -2.35. The summed E-state index contributed by atoms with van der Waals surface area (Å²) in [5.74, 6) is -0.538. The van der Waals surface area contributed by atoms with Crippen LogP contribution in [0.5, 0.6) is 5.88 Å². The average Bonchev–Trinajstić information content (AvgIpc) is 3.47. The third-order valence-electron chi connectivity index (χ3n) is 7.07. The van der Waals surface area contributed by atoms with Crippen molar-refractivity contribution < 1.29 is 17.4 Å². The van der Waals surface area contributed by atoms with Crippen LogP contribution in [0.4, 0.5) is 0 Å². The molecule has 0 aliphatic carbocycles. The molecule has 1 saturated heterocycles. The van der Waals surface area contributed by atoms with Gasteiger partial charge in [0, 0.05) is 35.9 Å². The molecule has 0 amide bonds. The van der Waals surface area contributed by atoms with Crippen LogP contribution in [0.1, 0.15) is 22.3 Å². The predicted octanol–water partition coefficient (Wildman–Crippen LogP) is 5.26. The second-order valence-corrected chi connectivity index (χ2v) is 8.54. The van der Waals surface area contributed by atoms with E-state index in [0.29, 0.717) is 5.39 Å². The summed E-state index contributed by atoms with van der Waals surface area (Å²) in [4.78, 5) is 16.6. The van der Waals surface area contributed by atoms with Crippen LogP contribution in [0.3, 0.4) is 0 Å². The number of Topliss-reactive ketones (excluding diaryl/α,β-unsaturated/α-hetero) is 1. The van der Waals surface area contributed by atoms with E-state index in [1.165, 1.54) is 0 Å². The fraction of sp³-hybridized carbons (Fsp3) is 0.160. The highest BCUT2D eigenvalue weighted by Crippen LogP contribution is 2.54. The molecule has 0 unspecified atom stereocenters. The van der Waals surface area contributed by atoms with Gasteiger partial charge in [-0.1, -0.05) is 36.4 Å². The lowest BCUT2D eigenvalue weighted by Gasteiger charge is -2.25. The number of rotatable bonds is 0. The summed E-state index contributed by atoms with van der Waals surface area (Å²) in [6.07, 6.45) is -1.58. The molecule has 0 spiro atoms. The van der Waals surface area contributed by atoms with E-state index in [0.717, 1.165) is 49.0 Å². The molecule has 0 radical (unpaired) electrons. The van der Waals surface area contributed by atoms with E-state index in [-0.39, 0.29) is 5.88 Å². The maximum absolute atomic E-state index is 13.6. The quantitative estimate of drug-likeness (QED) is 0.359. The summed E-state index contributed by atoms with van der Waals surface area (Å²) in [6, 6.07) is 15.5. The van der Waals surface area contributed by atoms with Gasteiger partial charge in [0.1, 0.15) is 6.23 Å². The first kappa shape index (κ1) is 14.3. The van der Waals surface area contributed by atoms with Gasteiger partial charge in [-0.25, -0.2) is 0 Å². The average molecular weight is 409 g/mol. The van der Waals surface area contributed by atoms with Crippen molar-refractivity contribution in [2.45, 2.75) is 25.2 Å². The van der Waals surface area contributed by atoms with Gasteiger partial charge >= 0.3 is 0 Å². The highest BCUT2D eigenvalue weighted by molar-refractivity contribution is 6.37. The van der Waals surface area contributed by atoms with Gasteiger partial charge < -0.3 is 24.0 Å². The molecule has 5 heterocycles. The molecule has 6 heteroatoms. The lowest BCUT2D eigenvalue weighted by molar-refractivity contribution is -0.145. The fourth-order valence-electron chi connectivity index (χ4n) is 5.85. The van der Waals surface area contributed by atoms with Gasteiger partial charge in [-0.2, -0.15) is 0 Å². The van der Waals surface area contributed by atoms with Gasteiger partial charge in [0.25, 0.3) is 0 Å². The number of H-pyrrole nitrogens is 1. The minimum Gasteiger partial charge on any atom is -0.494 e. The third kappa shape index (κ3) is 1.53. The minimum atomic E-state index is -2.24. The van der Waals surface area contributed by atoms with Crippen LogP contribution in [0, 0.1) is 0 Å². The summed E-state index contributed by atoms with van der Waals surface area (Å²) in [7, 11) is 0. The summed E-state index contributed by atoms with van der Waals surface area (Å²) in [5.41, 5.74) is 1.59. The predicted molar refractivity (Wildman–Crippen MR) is 119 cm³/mol. The number of benzene rings is 3. The van der Waals surface area contributed by atoms with Crippen LogP contribution in [-0.2, 0) is 15.3 Å². The molecule has 3 aromatic carbocycles. The van der Waals surface area contributed by atoms with Crippen LogP contribution in [-0.4, -0.2) is 25.0 Å². The zero-order valence-electron chi connectivity index (χ0n) is 18.4. The molecule has 6 aromatic rings. The Labute approximate surface area is 178 Å². The van der Waals surface area contributed by atoms with Crippen LogP contribution in [0.25, 0.3) is 54.4 Å². The Morgan fingerprint density at radius 3 is 2.55 bits per heavy atom. The Kier molecular flexibility index (Phi) is 2.19. The monoisotopic (exact) mass is 409 g/mol. The number of fused-ring (bicyclic) bond motifs is 13. The number of carbonyl (C=O) groups excluding carboxylic acids is 1. The Balaban J connectivity index is 1.85. The van der Waals surface area contributed by atoms with Crippen molar-refractivity contribution >= 4 is 60.2 Å². The topological polar surface area (TPSA) is 72.2 Å². The number of para-hydroxylation sites is 2. The van der Waals surface area contributed by atoms with Crippen LogP contribution in [0.2, 0.25) is 0 Å². The molecule has 8 rings (SSSR count). The van der Waals surface area contributed by atoms with E-state index >= 15 is 0 Å². The molecule has 2 aliphatic heterocycles. The smallest absolute Gasteiger partial charge is 0.204 e. The Morgan fingerprint density at radius 2 is 1.74 bits per heavy atom. The largest absolute Gasteiger partial charge is 0.494 e. The number of nitrogens with zero attached hydrogens (tertiary/aromatic N) is 2. The standard InChI is InChI=1S/C25H17N3O3/c1-25-17(29)10-18(31-25)27-15-8-4-2-6-12(15)20-21-14(11-26-24(21)30)19-13-7-3-5-9-16(13)28(25)23(19)22(20)27/h2-9,11,18,26,30H,10H2,1H3/t18-,25+/m1/s1/i10D2. The van der Waals surface area contributed by atoms with Gasteiger partial charge in [0.2, 0.25) is 5.72 Å². The zero-order chi connectivity index (χ0) is 22.4. The summed E-state index contributed by atoms with van der Waals surface area (Å²) < 4.78 is 27.7. The number of ether oxygens (including phenoxy) is 1. The number of ketones is 1. The highest BCUT2D eigenvalue weighted by Gasteiger charge is 2.51. The van der Waals surface area contributed by atoms with Gasteiger partial charge in [0.15, 0.2) is 11.7 Å². The first-order chi connectivity index (χ1) is 15.9. The van der Waals surface area contributed by atoms with Crippen LogP contribution < -0.4 is 0 Å². The van der Waals surface area contributed by atoms with Crippen molar-refractivity contribution in [3.05, 3.63) is 54.7 Å². The van der Waals surface area contributed by atoms with Crippen LogP contribution in [0.15, 0.2) is 54.7 Å². The van der Waals surface area contributed by atoms with E-state index < -0.39 is 24.1 Å². The van der Waals surface area contributed by atoms with Crippen molar-refractivity contribution in [1.82, 2.24) is 14.1 Å². The lowest BCUT2D eigenvalue weighted by atomic mass is 10.0. The SMILES string of the molecule is [2H]C1([2H])C(=O)[C@]2(C)O[C@H]1n1c3ccccc3c3c4c(O)[nH]cc4c4c5ccccc5n2c4c31. The van der Waals surface area contributed by atoms with Crippen molar-refractivity contribution in [1.29, 1.82) is 0 Å². The van der Waals surface area contributed by atoms with Crippen molar-refractivity contribution in [2.75, 3.05) is 0 Å². The molecule has 2 aliphatic rings. The first-order valence-corrected chi connectivity index (χ1v) is 10.3. The highest BCUT2D eigenvalue weighted by atomic mass is 16.6. The van der Waals surface area contributed by atoms with Crippen molar-refractivity contribution in [3.8, 4) is 5.88 Å². The Morgan fingerprint density at radius 1 is 1.03 bits per heavy atom. The molecule has 2 atom stereocenters. The Bertz CT molecular complexity index is 1890. The van der Waals surface area contributed by atoms with Crippen LogP contribution >= 0.6 is 0 Å². The molecule has 1 fully saturated rings. The molecule has 0 saturated carbocycles. The fourth-order valence-corrected chi connectivity index (χ4v) is 5.85. The Hall–Kier alpha value is -3.77. The summed E-state index contributed by atoms with van der Waals surface area (Å²) in [6.45, 7) is 1.66. The summed E-state index contributed by atoms with van der Waals surface area (Å²) >= 11 is 0. The van der Waals surface area contributed by atoms with Gasteiger partial charge in [-0.3, -0.25) is 4.79 Å². The van der Waals surface area contributed by atoms with Crippen molar-refractivity contribution in [2.24, 2.45) is 0 Å². The molecule has 3 aromatic heterocycles. The van der Waals surface area contributed by atoms with Gasteiger partial charge in [-0.05, 0) is 19.1 Å². The molecule has 6 nitrogen and oxygen atoms in total. The molecule has 31 heavy (non-hydrogen) atoms. The number of carbonyl (C=O) groups is 1. The molecule has 2 bridgehead atoms. The molecule has 150 valence electrons. The minimum absolute atomic E-state index is 0.0623. The number of hydrogen-bond donors (Lipinski definition) is 2. The maximum atomic E-state index is 13.6. The number of hydrogen-bond acceptors (Lipinski definition) is 3. The zero-order valence-corrected chi connectivity index (χ0v) is 16.4. The maximum Gasteiger partial charge on any atom is 0.204 e. The molecular weight excluding hydrogens is 390 g/mol. The number of nitrogens with one attached hydrogen (secondary N) is 1. The number of aromatic amines is 1. The number of aromatic nitrogens is 3.